The van der Waals surface area contributed by atoms with Crippen LogP contribution in [0.3, 0.4) is 0 Å². The number of hydrogen-bond donors (Lipinski definition) is 1. The van der Waals surface area contributed by atoms with Gasteiger partial charge in [0, 0.05) is 50.5 Å². The maximum atomic E-state index is 12.5. The number of para-hydroxylation sites is 1. The van der Waals surface area contributed by atoms with E-state index < -0.39 is 0 Å². The molecular formula is C22H29N3O. The topological polar surface area (TPSA) is 35.6 Å². The second-order valence-electron chi connectivity index (χ2n) is 7.19. The van der Waals surface area contributed by atoms with Gasteiger partial charge in [0.25, 0.3) is 5.91 Å². The maximum Gasteiger partial charge on any atom is 0.251 e. The van der Waals surface area contributed by atoms with Crippen molar-refractivity contribution >= 4 is 11.6 Å². The summed E-state index contributed by atoms with van der Waals surface area (Å²) >= 11 is 0. The molecule has 4 nitrogen and oxygen atoms in total. The standard InChI is InChI=1S/C22H29N3O/c1-17-15-18(2)21(19(3)16-17)22(26)23-9-10-24-11-13-25(14-12-24)20-7-5-4-6-8-20/h4-8,15-16H,9-14H2,1-3H3,(H,23,26). The van der Waals surface area contributed by atoms with Crippen LogP contribution in [0.25, 0.3) is 0 Å². The van der Waals surface area contributed by atoms with E-state index in [-0.39, 0.29) is 5.91 Å². The SMILES string of the molecule is Cc1cc(C)c(C(=O)NCCN2CCN(c3ccccc3)CC2)c(C)c1. The molecular weight excluding hydrogens is 322 g/mol. The highest BCUT2D eigenvalue weighted by atomic mass is 16.1. The van der Waals surface area contributed by atoms with Gasteiger partial charge < -0.3 is 10.2 Å². The Morgan fingerprint density at radius 3 is 2.19 bits per heavy atom. The van der Waals surface area contributed by atoms with E-state index >= 15 is 0 Å². The molecule has 0 atom stereocenters. The number of nitrogens with one attached hydrogen (secondary N) is 1. The van der Waals surface area contributed by atoms with E-state index in [1.165, 1.54) is 11.3 Å². The fourth-order valence-electron chi connectivity index (χ4n) is 3.82. The molecule has 0 unspecified atom stereocenters. The summed E-state index contributed by atoms with van der Waals surface area (Å²) in [4.78, 5) is 17.4. The quantitative estimate of drug-likeness (QED) is 0.899. The monoisotopic (exact) mass is 351 g/mol. The molecule has 1 aliphatic heterocycles. The number of piperazine rings is 1. The van der Waals surface area contributed by atoms with Crippen LogP contribution in [0.4, 0.5) is 5.69 Å². The molecule has 0 saturated carbocycles. The van der Waals surface area contributed by atoms with Crippen LogP contribution in [-0.4, -0.2) is 50.1 Å². The zero-order chi connectivity index (χ0) is 18.5. The van der Waals surface area contributed by atoms with Gasteiger partial charge in [-0.25, -0.2) is 0 Å². The molecule has 0 spiro atoms. The van der Waals surface area contributed by atoms with Crippen LogP contribution in [0.1, 0.15) is 27.0 Å². The van der Waals surface area contributed by atoms with Crippen LogP contribution >= 0.6 is 0 Å². The van der Waals surface area contributed by atoms with Gasteiger partial charge in [0.05, 0.1) is 0 Å². The van der Waals surface area contributed by atoms with Gasteiger partial charge in [0.15, 0.2) is 0 Å². The number of aryl methyl sites for hydroxylation is 3. The Morgan fingerprint density at radius 2 is 1.58 bits per heavy atom. The van der Waals surface area contributed by atoms with Crippen molar-refractivity contribution in [3.63, 3.8) is 0 Å². The molecule has 26 heavy (non-hydrogen) atoms. The van der Waals surface area contributed by atoms with E-state index in [0.717, 1.165) is 49.4 Å². The molecule has 0 bridgehead atoms. The molecule has 0 aromatic heterocycles. The van der Waals surface area contributed by atoms with Gasteiger partial charge in [-0.1, -0.05) is 35.9 Å². The van der Waals surface area contributed by atoms with E-state index in [1.807, 2.05) is 13.8 Å². The molecule has 1 amide bonds. The van der Waals surface area contributed by atoms with Gasteiger partial charge >= 0.3 is 0 Å². The van der Waals surface area contributed by atoms with E-state index in [0.29, 0.717) is 6.54 Å². The number of anilines is 1. The summed E-state index contributed by atoms with van der Waals surface area (Å²) in [6, 6.07) is 14.7. The molecule has 0 radical (unpaired) electrons. The van der Waals surface area contributed by atoms with Crippen LogP contribution in [0.15, 0.2) is 42.5 Å². The number of amides is 1. The molecule has 1 aliphatic rings. The van der Waals surface area contributed by atoms with E-state index in [1.54, 1.807) is 0 Å². The third-order valence-corrected chi connectivity index (χ3v) is 5.11. The Balaban J connectivity index is 1.45. The summed E-state index contributed by atoms with van der Waals surface area (Å²) in [7, 11) is 0. The van der Waals surface area contributed by atoms with Gasteiger partial charge in [-0.05, 0) is 44.0 Å². The van der Waals surface area contributed by atoms with Crippen molar-refractivity contribution in [1.29, 1.82) is 0 Å². The zero-order valence-electron chi connectivity index (χ0n) is 16.1. The summed E-state index contributed by atoms with van der Waals surface area (Å²) in [5, 5.41) is 3.10. The fourth-order valence-corrected chi connectivity index (χ4v) is 3.82. The van der Waals surface area contributed by atoms with Crippen LogP contribution in [0.2, 0.25) is 0 Å². The summed E-state index contributed by atoms with van der Waals surface area (Å²) < 4.78 is 0. The Labute approximate surface area is 156 Å². The third-order valence-electron chi connectivity index (χ3n) is 5.11. The van der Waals surface area contributed by atoms with Crippen molar-refractivity contribution in [3.05, 3.63) is 64.7 Å². The highest BCUT2D eigenvalue weighted by Gasteiger charge is 2.17. The number of rotatable bonds is 5. The van der Waals surface area contributed by atoms with Crippen LogP contribution in [-0.2, 0) is 0 Å². The van der Waals surface area contributed by atoms with Gasteiger partial charge in [-0.2, -0.15) is 0 Å². The second-order valence-corrected chi connectivity index (χ2v) is 7.19. The minimum absolute atomic E-state index is 0.0444. The number of benzene rings is 2. The first-order valence-corrected chi connectivity index (χ1v) is 9.43. The summed E-state index contributed by atoms with van der Waals surface area (Å²) in [5.41, 5.74) is 5.43. The van der Waals surface area contributed by atoms with Crippen molar-refractivity contribution in [2.24, 2.45) is 0 Å². The molecule has 3 rings (SSSR count). The van der Waals surface area contributed by atoms with Crippen molar-refractivity contribution in [3.8, 4) is 0 Å². The first kappa shape index (κ1) is 18.5. The van der Waals surface area contributed by atoms with Crippen LogP contribution in [0, 0.1) is 20.8 Å². The van der Waals surface area contributed by atoms with Crippen molar-refractivity contribution in [2.45, 2.75) is 20.8 Å². The lowest BCUT2D eigenvalue weighted by Crippen LogP contribution is -2.48. The molecule has 138 valence electrons. The first-order chi connectivity index (χ1) is 12.5. The predicted molar refractivity (Wildman–Crippen MR) is 108 cm³/mol. The van der Waals surface area contributed by atoms with Gasteiger partial charge in [-0.15, -0.1) is 0 Å². The summed E-state index contributed by atoms with van der Waals surface area (Å²) in [6.07, 6.45) is 0. The molecule has 1 saturated heterocycles. The number of hydrogen-bond acceptors (Lipinski definition) is 3. The Hall–Kier alpha value is -2.33. The largest absolute Gasteiger partial charge is 0.369 e. The smallest absolute Gasteiger partial charge is 0.251 e. The Morgan fingerprint density at radius 1 is 0.962 bits per heavy atom. The average molecular weight is 351 g/mol. The molecule has 1 N–H and O–H groups in total. The van der Waals surface area contributed by atoms with Crippen LogP contribution < -0.4 is 10.2 Å². The molecule has 2 aromatic rings. The third kappa shape index (κ3) is 4.44. The average Bonchev–Trinajstić information content (AvgIpc) is 2.62. The van der Waals surface area contributed by atoms with Crippen LogP contribution in [0.5, 0.6) is 0 Å². The van der Waals surface area contributed by atoms with Crippen molar-refractivity contribution < 1.29 is 4.79 Å². The highest BCUT2D eigenvalue weighted by Crippen LogP contribution is 2.17. The zero-order valence-corrected chi connectivity index (χ0v) is 16.1. The van der Waals surface area contributed by atoms with Crippen molar-refractivity contribution in [1.82, 2.24) is 10.2 Å². The molecule has 4 heteroatoms. The first-order valence-electron chi connectivity index (χ1n) is 9.43. The highest BCUT2D eigenvalue weighted by molar-refractivity contribution is 5.97. The Kier molecular flexibility index (Phi) is 5.94. The fraction of sp³-hybridized carbons (Fsp3) is 0.409. The van der Waals surface area contributed by atoms with E-state index in [9.17, 15) is 4.79 Å². The molecule has 1 fully saturated rings. The number of carbonyl (C=O) groups is 1. The lowest BCUT2D eigenvalue weighted by molar-refractivity contribution is 0.0946. The molecule has 0 aliphatic carbocycles. The molecule has 1 heterocycles. The summed E-state index contributed by atoms with van der Waals surface area (Å²) in [5.74, 6) is 0.0444. The van der Waals surface area contributed by atoms with Gasteiger partial charge in [0.1, 0.15) is 0 Å². The van der Waals surface area contributed by atoms with Gasteiger partial charge in [-0.3, -0.25) is 9.69 Å². The number of carbonyl (C=O) groups excluding carboxylic acids is 1. The minimum atomic E-state index is 0.0444. The minimum Gasteiger partial charge on any atom is -0.369 e. The number of nitrogens with zero attached hydrogens (tertiary/aromatic N) is 2. The van der Waals surface area contributed by atoms with E-state index in [2.05, 4.69) is 64.5 Å². The second kappa shape index (κ2) is 8.37. The Bertz CT molecular complexity index is 726. The molecule has 2 aromatic carbocycles. The van der Waals surface area contributed by atoms with E-state index in [4.69, 9.17) is 0 Å². The lowest BCUT2D eigenvalue weighted by Gasteiger charge is -2.36. The van der Waals surface area contributed by atoms with Gasteiger partial charge in [0.2, 0.25) is 0 Å². The lowest BCUT2D eigenvalue weighted by atomic mass is 9.99. The maximum absolute atomic E-state index is 12.5. The van der Waals surface area contributed by atoms with Crippen molar-refractivity contribution in [2.75, 3.05) is 44.2 Å². The normalized spacial score (nSPS) is 15.1. The predicted octanol–water partition coefficient (Wildman–Crippen LogP) is 3.16. The summed E-state index contributed by atoms with van der Waals surface area (Å²) in [6.45, 7) is 11.8.